The molecule has 0 unspecified atom stereocenters. The van der Waals surface area contributed by atoms with Gasteiger partial charge in [0.1, 0.15) is 11.5 Å². The number of likely N-dealkylation sites (N-methyl/N-ethyl adjacent to an activating group) is 1. The third kappa shape index (κ3) is 5.66. The van der Waals surface area contributed by atoms with Gasteiger partial charge in [-0.25, -0.2) is 0 Å². The van der Waals surface area contributed by atoms with Crippen molar-refractivity contribution in [2.24, 2.45) is 0 Å². The molecule has 1 fully saturated rings. The van der Waals surface area contributed by atoms with Crippen LogP contribution in [0.2, 0.25) is 0 Å². The first-order valence-electron chi connectivity index (χ1n) is 8.94. The Kier molecular flexibility index (Phi) is 6.25. The minimum absolute atomic E-state index is 0.0546. The smallest absolute Gasteiger partial charge is 0.239 e. The zero-order valence-corrected chi connectivity index (χ0v) is 15.7. The van der Waals surface area contributed by atoms with E-state index in [1.165, 1.54) is 0 Å². The Bertz CT molecular complexity index is 750. The summed E-state index contributed by atoms with van der Waals surface area (Å²) in [5.41, 5.74) is 0. The van der Waals surface area contributed by atoms with Gasteiger partial charge in [-0.2, -0.15) is 0 Å². The quantitative estimate of drug-likeness (QED) is 0.764. The van der Waals surface area contributed by atoms with E-state index in [2.05, 4.69) is 20.3 Å². The first-order valence-corrected chi connectivity index (χ1v) is 8.94. The fraction of sp³-hybridized carbons (Fsp3) is 0.500. The molecule has 9 heteroatoms. The standard InChI is InChI=1S/C18H25N5O4/c1-14-10-16(20-27-14)19-17(24)12-22-5-7-23(8-6-22)13-18(25)21(2)11-15-4-3-9-26-15/h3-4,9-10H,5-8,11-13H2,1-2H3,(H,19,20,24). The molecule has 0 aromatic carbocycles. The van der Waals surface area contributed by atoms with Crippen LogP contribution in [-0.2, 0) is 16.1 Å². The SMILES string of the molecule is Cc1cc(NC(=O)CN2CCN(CC(=O)N(C)Cc3ccco3)CC2)no1. The van der Waals surface area contributed by atoms with Crippen molar-refractivity contribution >= 4 is 17.6 Å². The molecule has 0 saturated carbocycles. The lowest BCUT2D eigenvalue weighted by Gasteiger charge is -2.34. The summed E-state index contributed by atoms with van der Waals surface area (Å²) < 4.78 is 10.2. The van der Waals surface area contributed by atoms with Crippen molar-refractivity contribution in [3.63, 3.8) is 0 Å². The number of piperazine rings is 1. The van der Waals surface area contributed by atoms with E-state index in [4.69, 9.17) is 8.94 Å². The van der Waals surface area contributed by atoms with E-state index in [1.807, 2.05) is 12.1 Å². The zero-order valence-electron chi connectivity index (χ0n) is 15.7. The lowest BCUT2D eigenvalue weighted by atomic mass is 10.3. The predicted octanol–water partition coefficient (Wildman–Crippen LogP) is 0.791. The average Bonchev–Trinajstić information content (AvgIpc) is 3.28. The molecule has 0 bridgehead atoms. The average molecular weight is 375 g/mol. The molecule has 27 heavy (non-hydrogen) atoms. The third-order valence-electron chi connectivity index (χ3n) is 4.49. The van der Waals surface area contributed by atoms with Crippen LogP contribution < -0.4 is 5.32 Å². The van der Waals surface area contributed by atoms with Crippen LogP contribution in [0.15, 0.2) is 33.4 Å². The molecular weight excluding hydrogens is 350 g/mol. The summed E-state index contributed by atoms with van der Waals surface area (Å²) in [6.07, 6.45) is 1.60. The van der Waals surface area contributed by atoms with Gasteiger partial charge in [0.25, 0.3) is 0 Å². The summed E-state index contributed by atoms with van der Waals surface area (Å²) in [5, 5.41) is 6.47. The van der Waals surface area contributed by atoms with Crippen LogP contribution in [0.5, 0.6) is 0 Å². The molecule has 2 amide bonds. The molecule has 146 valence electrons. The summed E-state index contributed by atoms with van der Waals surface area (Å²) in [6.45, 7) is 5.87. The number of furan rings is 1. The molecule has 1 aliphatic heterocycles. The Balaban J connectivity index is 1.37. The summed E-state index contributed by atoms with van der Waals surface area (Å²) in [4.78, 5) is 30.3. The number of amides is 2. The van der Waals surface area contributed by atoms with Crippen molar-refractivity contribution in [2.75, 3.05) is 51.6 Å². The maximum absolute atomic E-state index is 12.4. The van der Waals surface area contributed by atoms with Gasteiger partial charge in [0.05, 0.1) is 25.9 Å². The molecule has 0 aliphatic carbocycles. The van der Waals surface area contributed by atoms with Gasteiger partial charge in [0.2, 0.25) is 11.8 Å². The minimum Gasteiger partial charge on any atom is -0.467 e. The van der Waals surface area contributed by atoms with Crippen molar-refractivity contribution in [3.05, 3.63) is 36.0 Å². The number of hydrogen-bond donors (Lipinski definition) is 1. The number of aryl methyl sites for hydroxylation is 1. The molecule has 3 heterocycles. The van der Waals surface area contributed by atoms with E-state index in [9.17, 15) is 9.59 Å². The Labute approximate surface area is 157 Å². The Hall–Kier alpha value is -2.65. The van der Waals surface area contributed by atoms with E-state index in [1.54, 1.807) is 31.2 Å². The number of nitrogens with zero attached hydrogens (tertiary/aromatic N) is 4. The monoisotopic (exact) mass is 375 g/mol. The maximum atomic E-state index is 12.4. The molecule has 0 radical (unpaired) electrons. The first-order chi connectivity index (χ1) is 13.0. The molecule has 0 atom stereocenters. The predicted molar refractivity (Wildman–Crippen MR) is 97.9 cm³/mol. The van der Waals surface area contributed by atoms with Crippen LogP contribution in [0.25, 0.3) is 0 Å². The van der Waals surface area contributed by atoms with Crippen LogP contribution in [0.4, 0.5) is 5.82 Å². The van der Waals surface area contributed by atoms with E-state index < -0.39 is 0 Å². The van der Waals surface area contributed by atoms with Gasteiger partial charge in [-0.05, 0) is 19.1 Å². The van der Waals surface area contributed by atoms with E-state index in [-0.39, 0.29) is 11.8 Å². The Morgan fingerprint density at radius 1 is 1.22 bits per heavy atom. The number of rotatable bonds is 7. The van der Waals surface area contributed by atoms with Crippen LogP contribution in [0.1, 0.15) is 11.5 Å². The van der Waals surface area contributed by atoms with Gasteiger partial charge < -0.3 is 19.2 Å². The third-order valence-corrected chi connectivity index (χ3v) is 4.49. The number of carbonyl (C=O) groups is 2. The molecule has 1 aliphatic rings. The van der Waals surface area contributed by atoms with Crippen molar-refractivity contribution in [2.45, 2.75) is 13.5 Å². The highest BCUT2D eigenvalue weighted by Gasteiger charge is 2.22. The first kappa shape index (κ1) is 19.1. The summed E-state index contributed by atoms with van der Waals surface area (Å²) in [7, 11) is 1.77. The fourth-order valence-corrected chi connectivity index (χ4v) is 2.95. The van der Waals surface area contributed by atoms with Gasteiger partial charge in [-0.15, -0.1) is 0 Å². The highest BCUT2D eigenvalue weighted by atomic mass is 16.5. The van der Waals surface area contributed by atoms with Gasteiger partial charge in [0, 0.05) is 39.3 Å². The zero-order chi connectivity index (χ0) is 19.2. The fourth-order valence-electron chi connectivity index (χ4n) is 2.95. The second-order valence-electron chi connectivity index (χ2n) is 6.75. The van der Waals surface area contributed by atoms with Crippen molar-refractivity contribution in [1.29, 1.82) is 0 Å². The summed E-state index contributed by atoms with van der Waals surface area (Å²) in [6, 6.07) is 5.35. The van der Waals surface area contributed by atoms with E-state index in [0.29, 0.717) is 31.2 Å². The number of carbonyl (C=O) groups excluding carboxylic acids is 2. The molecule has 9 nitrogen and oxygen atoms in total. The summed E-state index contributed by atoms with van der Waals surface area (Å²) >= 11 is 0. The molecule has 2 aromatic rings. The van der Waals surface area contributed by atoms with Crippen molar-refractivity contribution < 1.29 is 18.5 Å². The van der Waals surface area contributed by atoms with Gasteiger partial charge in [-0.3, -0.25) is 19.4 Å². The molecule has 3 rings (SSSR count). The lowest BCUT2D eigenvalue weighted by Crippen LogP contribution is -2.51. The van der Waals surface area contributed by atoms with Crippen molar-refractivity contribution in [3.8, 4) is 0 Å². The highest BCUT2D eigenvalue weighted by Crippen LogP contribution is 2.08. The lowest BCUT2D eigenvalue weighted by molar-refractivity contribution is -0.132. The maximum Gasteiger partial charge on any atom is 0.239 e. The van der Waals surface area contributed by atoms with E-state index >= 15 is 0 Å². The number of hydrogen-bond acceptors (Lipinski definition) is 7. The number of nitrogens with one attached hydrogen (secondary N) is 1. The molecular formula is C18H25N5O4. The largest absolute Gasteiger partial charge is 0.467 e. The summed E-state index contributed by atoms with van der Waals surface area (Å²) in [5.74, 6) is 1.79. The highest BCUT2D eigenvalue weighted by molar-refractivity contribution is 5.91. The molecule has 1 saturated heterocycles. The van der Waals surface area contributed by atoms with Gasteiger partial charge >= 0.3 is 0 Å². The van der Waals surface area contributed by atoms with Crippen molar-refractivity contribution in [1.82, 2.24) is 19.9 Å². The second-order valence-corrected chi connectivity index (χ2v) is 6.75. The number of anilines is 1. The van der Waals surface area contributed by atoms with Gasteiger partial charge in [0.15, 0.2) is 5.82 Å². The molecule has 2 aromatic heterocycles. The van der Waals surface area contributed by atoms with Gasteiger partial charge in [-0.1, -0.05) is 5.16 Å². The molecule has 0 spiro atoms. The van der Waals surface area contributed by atoms with Crippen LogP contribution >= 0.6 is 0 Å². The molecule has 1 N–H and O–H groups in total. The minimum atomic E-state index is -0.119. The van der Waals surface area contributed by atoms with Crippen LogP contribution in [0, 0.1) is 6.92 Å². The van der Waals surface area contributed by atoms with E-state index in [0.717, 1.165) is 31.9 Å². The number of aromatic nitrogens is 1. The topological polar surface area (TPSA) is 95.1 Å². The van der Waals surface area contributed by atoms with Crippen LogP contribution in [0.3, 0.4) is 0 Å². The Morgan fingerprint density at radius 2 is 1.93 bits per heavy atom. The normalized spacial score (nSPS) is 15.6. The second kappa shape index (κ2) is 8.83. The Morgan fingerprint density at radius 3 is 2.52 bits per heavy atom. The van der Waals surface area contributed by atoms with Crippen LogP contribution in [-0.4, -0.2) is 78.0 Å².